The first-order chi connectivity index (χ1) is 9.22. The first kappa shape index (κ1) is 16.5. The van der Waals surface area contributed by atoms with Gasteiger partial charge in [0.1, 0.15) is 17.9 Å². The van der Waals surface area contributed by atoms with Crippen molar-refractivity contribution in [2.75, 3.05) is 13.2 Å². The van der Waals surface area contributed by atoms with Gasteiger partial charge in [0.25, 0.3) is 0 Å². The third-order valence-electron chi connectivity index (χ3n) is 3.37. The minimum atomic E-state index is -0.649. The van der Waals surface area contributed by atoms with Crippen LogP contribution in [-0.4, -0.2) is 18.7 Å². The van der Waals surface area contributed by atoms with Crippen LogP contribution in [0.5, 0.6) is 5.75 Å². The van der Waals surface area contributed by atoms with E-state index in [0.29, 0.717) is 6.61 Å². The van der Waals surface area contributed by atoms with Crippen LogP contribution in [0.25, 0.3) is 0 Å². The van der Waals surface area contributed by atoms with Crippen LogP contribution >= 0.6 is 0 Å². The molecule has 3 nitrogen and oxygen atoms in total. The molecular formula is C17H26N2O. The maximum atomic E-state index is 9.22. The quantitative estimate of drug-likeness (QED) is 0.893. The van der Waals surface area contributed by atoms with Crippen molar-refractivity contribution >= 4 is 0 Å². The maximum absolute atomic E-state index is 9.22. The highest BCUT2D eigenvalue weighted by Crippen LogP contribution is 2.27. The summed E-state index contributed by atoms with van der Waals surface area (Å²) in [4.78, 5) is 0. The minimum absolute atomic E-state index is 0.133. The second-order valence-electron chi connectivity index (χ2n) is 6.49. The van der Waals surface area contributed by atoms with Crippen molar-refractivity contribution in [3.8, 4) is 11.8 Å². The summed E-state index contributed by atoms with van der Waals surface area (Å²) >= 11 is 0. The van der Waals surface area contributed by atoms with Gasteiger partial charge in [0, 0.05) is 0 Å². The van der Waals surface area contributed by atoms with Gasteiger partial charge in [-0.3, -0.25) is 5.32 Å². The molecule has 0 bridgehead atoms. The zero-order valence-corrected chi connectivity index (χ0v) is 13.5. The molecule has 0 radical (unpaired) electrons. The van der Waals surface area contributed by atoms with Crippen molar-refractivity contribution in [3.63, 3.8) is 0 Å². The van der Waals surface area contributed by atoms with E-state index in [1.807, 2.05) is 26.8 Å². The molecule has 1 aromatic carbocycles. The average Bonchev–Trinajstić information content (AvgIpc) is 2.36. The van der Waals surface area contributed by atoms with Crippen LogP contribution in [0.2, 0.25) is 0 Å². The van der Waals surface area contributed by atoms with Gasteiger partial charge in [0.2, 0.25) is 0 Å². The van der Waals surface area contributed by atoms with E-state index in [1.165, 1.54) is 5.56 Å². The molecule has 0 spiro atoms. The second kappa shape index (κ2) is 6.28. The van der Waals surface area contributed by atoms with E-state index < -0.39 is 5.54 Å². The number of nitrogens with one attached hydrogen (secondary N) is 1. The van der Waals surface area contributed by atoms with Gasteiger partial charge >= 0.3 is 0 Å². The molecule has 0 aliphatic rings. The third kappa shape index (κ3) is 4.25. The standard InChI is InChI=1S/C17H26N2O/c1-7-19-17(6,11-18)12-20-15-9-8-14(10-13(15)2)16(3,4)5/h8-10,19H,7,12H2,1-6H3. The van der Waals surface area contributed by atoms with Gasteiger partial charge in [0.05, 0.1) is 6.07 Å². The summed E-state index contributed by atoms with van der Waals surface area (Å²) in [5, 5.41) is 12.4. The number of hydrogen-bond acceptors (Lipinski definition) is 3. The molecular weight excluding hydrogens is 248 g/mol. The van der Waals surface area contributed by atoms with Crippen LogP contribution in [0.1, 0.15) is 45.7 Å². The smallest absolute Gasteiger partial charge is 0.138 e. The fourth-order valence-electron chi connectivity index (χ4n) is 2.01. The number of aryl methyl sites for hydroxylation is 1. The van der Waals surface area contributed by atoms with Crippen molar-refractivity contribution in [2.45, 2.75) is 52.5 Å². The zero-order chi connectivity index (χ0) is 15.4. The molecule has 0 heterocycles. The molecule has 3 heteroatoms. The number of hydrogen-bond donors (Lipinski definition) is 1. The Morgan fingerprint density at radius 2 is 1.90 bits per heavy atom. The van der Waals surface area contributed by atoms with E-state index in [1.54, 1.807) is 0 Å². The minimum Gasteiger partial charge on any atom is -0.490 e. The number of ether oxygens (including phenoxy) is 1. The molecule has 0 fully saturated rings. The van der Waals surface area contributed by atoms with Crippen molar-refractivity contribution in [3.05, 3.63) is 29.3 Å². The van der Waals surface area contributed by atoms with Gasteiger partial charge in [-0.15, -0.1) is 0 Å². The Morgan fingerprint density at radius 3 is 2.35 bits per heavy atom. The number of nitrogens with zero attached hydrogens (tertiary/aromatic N) is 1. The van der Waals surface area contributed by atoms with Gasteiger partial charge in [0.15, 0.2) is 0 Å². The molecule has 0 aliphatic carbocycles. The molecule has 110 valence electrons. The second-order valence-corrected chi connectivity index (χ2v) is 6.49. The molecule has 0 aromatic heterocycles. The van der Waals surface area contributed by atoms with Gasteiger partial charge in [-0.05, 0) is 43.0 Å². The Labute approximate surface area is 123 Å². The lowest BCUT2D eigenvalue weighted by molar-refractivity contribution is 0.235. The molecule has 20 heavy (non-hydrogen) atoms. The largest absolute Gasteiger partial charge is 0.490 e. The highest BCUT2D eigenvalue weighted by molar-refractivity contribution is 5.38. The topological polar surface area (TPSA) is 45.0 Å². The summed E-state index contributed by atoms with van der Waals surface area (Å²) < 4.78 is 5.83. The summed E-state index contributed by atoms with van der Waals surface area (Å²) in [6, 6.07) is 8.52. The summed E-state index contributed by atoms with van der Waals surface area (Å²) in [5.41, 5.74) is 1.88. The van der Waals surface area contributed by atoms with Crippen molar-refractivity contribution in [2.24, 2.45) is 0 Å². The predicted octanol–water partition coefficient (Wildman–Crippen LogP) is 3.56. The Hall–Kier alpha value is -1.53. The molecule has 0 amide bonds. The van der Waals surface area contributed by atoms with E-state index in [9.17, 15) is 5.26 Å². The van der Waals surface area contributed by atoms with Gasteiger partial charge in [-0.25, -0.2) is 0 Å². The van der Waals surface area contributed by atoms with E-state index >= 15 is 0 Å². The Bertz CT molecular complexity index is 497. The zero-order valence-electron chi connectivity index (χ0n) is 13.5. The fraction of sp³-hybridized carbons (Fsp3) is 0.588. The van der Waals surface area contributed by atoms with Crippen LogP contribution in [-0.2, 0) is 5.41 Å². The van der Waals surface area contributed by atoms with E-state index in [0.717, 1.165) is 17.9 Å². The lowest BCUT2D eigenvalue weighted by Gasteiger charge is -2.24. The Morgan fingerprint density at radius 1 is 1.25 bits per heavy atom. The van der Waals surface area contributed by atoms with Crippen LogP contribution in [0.4, 0.5) is 0 Å². The first-order valence-electron chi connectivity index (χ1n) is 7.12. The fourth-order valence-corrected chi connectivity index (χ4v) is 2.01. The highest BCUT2D eigenvalue weighted by atomic mass is 16.5. The number of nitriles is 1. The third-order valence-corrected chi connectivity index (χ3v) is 3.37. The van der Waals surface area contributed by atoms with E-state index in [-0.39, 0.29) is 5.41 Å². The molecule has 1 aromatic rings. The van der Waals surface area contributed by atoms with Crippen molar-refractivity contribution in [1.82, 2.24) is 5.32 Å². The number of rotatable bonds is 5. The molecule has 0 saturated carbocycles. The lowest BCUT2D eigenvalue weighted by Crippen LogP contribution is -2.46. The van der Waals surface area contributed by atoms with Gasteiger partial charge in [-0.2, -0.15) is 5.26 Å². The first-order valence-corrected chi connectivity index (χ1v) is 7.12. The van der Waals surface area contributed by atoms with Gasteiger partial charge < -0.3 is 4.74 Å². The molecule has 1 atom stereocenters. The van der Waals surface area contributed by atoms with E-state index in [4.69, 9.17) is 4.74 Å². The van der Waals surface area contributed by atoms with Crippen molar-refractivity contribution in [1.29, 1.82) is 5.26 Å². The Kier molecular flexibility index (Phi) is 5.19. The molecule has 1 N–H and O–H groups in total. The van der Waals surface area contributed by atoms with E-state index in [2.05, 4.69) is 44.3 Å². The molecule has 0 aliphatic heterocycles. The molecule has 0 saturated heterocycles. The monoisotopic (exact) mass is 274 g/mol. The SMILES string of the molecule is CCNC(C)(C#N)COc1ccc(C(C)(C)C)cc1C. The van der Waals surface area contributed by atoms with Crippen LogP contribution in [0.3, 0.4) is 0 Å². The summed E-state index contributed by atoms with van der Waals surface area (Å²) in [5.74, 6) is 0.845. The number of likely N-dealkylation sites (N-methyl/N-ethyl adjacent to an activating group) is 1. The van der Waals surface area contributed by atoms with Crippen LogP contribution < -0.4 is 10.1 Å². The normalized spacial score (nSPS) is 14.4. The van der Waals surface area contributed by atoms with Crippen LogP contribution in [0, 0.1) is 18.3 Å². The van der Waals surface area contributed by atoms with Crippen molar-refractivity contribution < 1.29 is 4.74 Å². The molecule has 1 unspecified atom stereocenters. The maximum Gasteiger partial charge on any atom is 0.138 e. The average molecular weight is 274 g/mol. The number of benzene rings is 1. The van der Waals surface area contributed by atoms with Crippen LogP contribution in [0.15, 0.2) is 18.2 Å². The van der Waals surface area contributed by atoms with Gasteiger partial charge in [-0.1, -0.05) is 39.8 Å². The summed E-state index contributed by atoms with van der Waals surface area (Å²) in [6.07, 6.45) is 0. The lowest BCUT2D eigenvalue weighted by atomic mass is 9.86. The Balaban J connectivity index is 2.83. The summed E-state index contributed by atoms with van der Waals surface area (Å²) in [6.45, 7) is 13.6. The highest BCUT2D eigenvalue weighted by Gasteiger charge is 2.24. The summed E-state index contributed by atoms with van der Waals surface area (Å²) in [7, 11) is 0. The predicted molar refractivity (Wildman–Crippen MR) is 83.1 cm³/mol. The molecule has 1 rings (SSSR count).